The van der Waals surface area contributed by atoms with Gasteiger partial charge in [0.05, 0.1) is 5.02 Å². The molecule has 0 aliphatic carbocycles. The summed E-state index contributed by atoms with van der Waals surface area (Å²) in [6, 6.07) is 5.10. The van der Waals surface area contributed by atoms with Crippen LogP contribution < -0.4 is 0 Å². The molecule has 0 aliphatic heterocycles. The van der Waals surface area contributed by atoms with Crippen molar-refractivity contribution in [1.82, 2.24) is 0 Å². The maximum absolute atomic E-state index is 13.4. The lowest BCUT2D eigenvalue weighted by Crippen LogP contribution is -2.00. The highest BCUT2D eigenvalue weighted by atomic mass is 35.5. The zero-order valence-electron chi connectivity index (χ0n) is 11.2. The molecule has 11 heteroatoms. The summed E-state index contributed by atoms with van der Waals surface area (Å²) < 4.78 is 73.6. The molecule has 0 amide bonds. The first-order valence-corrected chi connectivity index (χ1v) is 7.51. The van der Waals surface area contributed by atoms with Crippen molar-refractivity contribution in [1.29, 1.82) is 0 Å². The van der Waals surface area contributed by atoms with E-state index in [2.05, 4.69) is 4.36 Å². The fourth-order valence-electron chi connectivity index (χ4n) is 1.38. The Morgan fingerprint density at radius 1 is 1.04 bits per heavy atom. The molecule has 24 heavy (non-hydrogen) atoms. The molecular weight excluding hydrogens is 397 g/mol. The van der Waals surface area contributed by atoms with Crippen LogP contribution in [0.1, 0.15) is 10.4 Å². The van der Waals surface area contributed by atoms with Gasteiger partial charge in [-0.1, -0.05) is 17.7 Å². The van der Waals surface area contributed by atoms with Crippen LogP contribution in [0.2, 0.25) is 5.02 Å². The van der Waals surface area contributed by atoms with Crippen molar-refractivity contribution in [2.75, 3.05) is 0 Å². The fourth-order valence-corrected chi connectivity index (χ4v) is 2.15. The van der Waals surface area contributed by atoms with Crippen LogP contribution in [0.5, 0.6) is 0 Å². The lowest BCUT2D eigenvalue weighted by molar-refractivity contribution is 0.107. The monoisotopic (exact) mass is 401 g/mol. The minimum atomic E-state index is -2.99. The van der Waals surface area contributed by atoms with Gasteiger partial charge in [0.2, 0.25) is 0 Å². The van der Waals surface area contributed by atoms with Crippen LogP contribution >= 0.6 is 23.2 Å². The molecule has 0 spiro atoms. The number of carbonyl (C=O) groups is 1. The minimum absolute atomic E-state index is 0.537. The van der Waals surface area contributed by atoms with Gasteiger partial charge in [0.25, 0.3) is 5.24 Å². The maximum atomic E-state index is 13.4. The minimum Gasteiger partial charge on any atom is -0.275 e. The molecule has 0 N–H and O–H groups in total. The summed E-state index contributed by atoms with van der Waals surface area (Å²) in [7, 11) is -2.99. The predicted octanol–water partition coefficient (Wildman–Crippen LogP) is 4.66. The molecule has 0 saturated carbocycles. The highest BCUT2D eigenvalue weighted by Crippen LogP contribution is 2.32. The van der Waals surface area contributed by atoms with Gasteiger partial charge in [-0.15, -0.1) is 4.36 Å². The quantitative estimate of drug-likeness (QED) is 0.543. The molecule has 4 nitrogen and oxygen atoms in total. The first-order chi connectivity index (χ1) is 11.1. The smallest absolute Gasteiger partial charge is 0.275 e. The van der Waals surface area contributed by atoms with Crippen LogP contribution in [0, 0.1) is 23.3 Å². The van der Waals surface area contributed by atoms with E-state index < -0.39 is 55.3 Å². The average molecular weight is 402 g/mol. The molecule has 0 atom stereocenters. The molecule has 0 heterocycles. The number of benzene rings is 2. The summed E-state index contributed by atoms with van der Waals surface area (Å²) in [5, 5.41) is -2.00. The highest BCUT2D eigenvalue weighted by molar-refractivity contribution is 7.61. The Kier molecular flexibility index (Phi) is 7.33. The maximum Gasteiger partial charge on any atom is 0.316 e. The van der Waals surface area contributed by atoms with Gasteiger partial charge in [-0.2, -0.15) is 8.42 Å². The fraction of sp³-hybridized carbons (Fsp3) is 0. The molecule has 0 radical (unpaired) electrons. The van der Waals surface area contributed by atoms with Crippen LogP contribution in [0.15, 0.2) is 34.7 Å². The van der Waals surface area contributed by atoms with E-state index in [0.717, 1.165) is 6.07 Å². The van der Waals surface area contributed by atoms with E-state index in [-0.39, 0.29) is 0 Å². The molecule has 0 unspecified atom stereocenters. The predicted molar refractivity (Wildman–Crippen MR) is 78.9 cm³/mol. The van der Waals surface area contributed by atoms with E-state index in [1.165, 1.54) is 18.2 Å². The number of nitrogens with zero attached hydrogens (tertiary/aromatic N) is 1. The summed E-state index contributed by atoms with van der Waals surface area (Å²) in [5.74, 6) is -3.89. The summed E-state index contributed by atoms with van der Waals surface area (Å²) in [6.07, 6.45) is 0. The third-order valence-electron chi connectivity index (χ3n) is 2.29. The Labute approximate surface area is 144 Å². The molecule has 0 aliphatic rings. The zero-order chi connectivity index (χ0) is 18.4. The third-order valence-corrected chi connectivity index (χ3v) is 3.10. The summed E-state index contributed by atoms with van der Waals surface area (Å²) in [4.78, 5) is 10.7. The molecule has 2 aromatic rings. The van der Waals surface area contributed by atoms with E-state index in [1.807, 2.05) is 0 Å². The molecule has 2 aromatic carbocycles. The Bertz CT molecular complexity index is 894. The normalized spacial score (nSPS) is 9.75. The van der Waals surface area contributed by atoms with Crippen molar-refractivity contribution in [3.8, 4) is 0 Å². The van der Waals surface area contributed by atoms with Crippen molar-refractivity contribution in [2.45, 2.75) is 0 Å². The molecule has 0 aromatic heterocycles. The topological polar surface area (TPSA) is 63.6 Å². The molecule has 128 valence electrons. The molecule has 0 saturated heterocycles. The second kappa shape index (κ2) is 8.76. The van der Waals surface area contributed by atoms with Gasteiger partial charge in [0, 0.05) is 6.07 Å². The number of hydrogen-bond donors (Lipinski definition) is 0. The van der Waals surface area contributed by atoms with Crippen LogP contribution in [0.3, 0.4) is 0 Å². The Morgan fingerprint density at radius 2 is 1.58 bits per heavy atom. The Balaban J connectivity index is 0.000000300. The van der Waals surface area contributed by atoms with Gasteiger partial charge in [0.1, 0.15) is 28.7 Å². The SMILES string of the molecule is Fc1cccc(F)c1.O=C(Cl)c1c(F)cc(Cl)c(N=S(=O)=O)c1F. The Morgan fingerprint density at radius 3 is 1.96 bits per heavy atom. The van der Waals surface area contributed by atoms with Gasteiger partial charge in [-0.05, 0) is 29.8 Å². The number of rotatable bonds is 2. The number of carbonyl (C=O) groups excluding carboxylic acids is 1. The third kappa shape index (κ3) is 5.59. The Hall–Kier alpha value is -1.97. The summed E-state index contributed by atoms with van der Waals surface area (Å²) in [5.41, 5.74) is -1.96. The van der Waals surface area contributed by atoms with Crippen molar-refractivity contribution in [3.63, 3.8) is 0 Å². The van der Waals surface area contributed by atoms with E-state index in [1.54, 1.807) is 0 Å². The van der Waals surface area contributed by atoms with E-state index in [4.69, 9.17) is 23.2 Å². The highest BCUT2D eigenvalue weighted by Gasteiger charge is 2.22. The van der Waals surface area contributed by atoms with Gasteiger partial charge in [0.15, 0.2) is 5.82 Å². The lowest BCUT2D eigenvalue weighted by Gasteiger charge is -2.03. The lowest BCUT2D eigenvalue weighted by atomic mass is 10.2. The number of halogens is 6. The second-order valence-electron chi connectivity index (χ2n) is 3.90. The summed E-state index contributed by atoms with van der Waals surface area (Å²) in [6.45, 7) is 0. The van der Waals surface area contributed by atoms with E-state index >= 15 is 0 Å². The standard InChI is InChI=1S/C7HCl2F2NO3S.C6H4F2/c8-2-1-3(10)4(7(9)13)5(11)6(2)12-16(14)15;7-5-2-1-3-6(8)4-5/h1H;1-4H. The first-order valence-electron chi connectivity index (χ1n) is 5.73. The molecule has 0 bridgehead atoms. The van der Waals surface area contributed by atoms with E-state index in [0.29, 0.717) is 6.07 Å². The van der Waals surface area contributed by atoms with Crippen molar-refractivity contribution in [3.05, 3.63) is 64.2 Å². The molecule has 0 fully saturated rings. The average Bonchev–Trinajstić information content (AvgIpc) is 2.43. The second-order valence-corrected chi connectivity index (χ2v) is 5.27. The van der Waals surface area contributed by atoms with Crippen molar-refractivity contribution < 1.29 is 30.8 Å². The molecular formula is C13H5Cl2F4NO3S. The number of hydrogen-bond acceptors (Lipinski definition) is 4. The van der Waals surface area contributed by atoms with Crippen LogP contribution in [-0.4, -0.2) is 13.7 Å². The molecule has 2 rings (SSSR count). The van der Waals surface area contributed by atoms with Crippen LogP contribution in [0.4, 0.5) is 23.2 Å². The van der Waals surface area contributed by atoms with Crippen LogP contribution in [-0.2, 0) is 10.5 Å². The van der Waals surface area contributed by atoms with Gasteiger partial charge >= 0.3 is 10.5 Å². The van der Waals surface area contributed by atoms with E-state index in [9.17, 15) is 30.8 Å². The largest absolute Gasteiger partial charge is 0.316 e. The summed E-state index contributed by atoms with van der Waals surface area (Å²) >= 11 is 10.3. The van der Waals surface area contributed by atoms with Gasteiger partial charge < -0.3 is 0 Å². The first kappa shape index (κ1) is 20.1. The zero-order valence-corrected chi connectivity index (χ0v) is 13.6. The van der Waals surface area contributed by atoms with Crippen LogP contribution in [0.25, 0.3) is 0 Å². The van der Waals surface area contributed by atoms with Crippen molar-refractivity contribution in [2.24, 2.45) is 4.36 Å². The van der Waals surface area contributed by atoms with Gasteiger partial charge in [-0.3, -0.25) is 4.79 Å². The van der Waals surface area contributed by atoms with Crippen molar-refractivity contribution >= 4 is 44.6 Å². The van der Waals surface area contributed by atoms with Gasteiger partial charge in [-0.25, -0.2) is 17.6 Å².